The molecule has 0 aliphatic rings. The van der Waals surface area contributed by atoms with Crippen LogP contribution in [0.5, 0.6) is 11.5 Å². The Hall–Kier alpha value is -2.75. The minimum absolute atomic E-state index is 0.0529. The third kappa shape index (κ3) is 4.45. The van der Waals surface area contributed by atoms with Crippen LogP contribution in [0.4, 0.5) is 5.69 Å². The number of anilines is 1. The number of allylic oxidation sites excluding steroid dienone is 1. The lowest BCUT2D eigenvalue weighted by Gasteiger charge is -2.23. The van der Waals surface area contributed by atoms with E-state index in [2.05, 4.69) is 26.1 Å². The van der Waals surface area contributed by atoms with Gasteiger partial charge in [-0.05, 0) is 47.9 Å². The SMILES string of the molecule is CNc1ccc(C(=O)C=Cc2cc(C(C)(C)C)c(OC)cc2OC)cc1. The van der Waals surface area contributed by atoms with Crippen molar-refractivity contribution in [1.82, 2.24) is 0 Å². The Morgan fingerprint density at radius 2 is 1.62 bits per heavy atom. The third-order valence-corrected chi connectivity index (χ3v) is 4.23. The molecule has 0 unspecified atom stereocenters. The maximum Gasteiger partial charge on any atom is 0.185 e. The summed E-state index contributed by atoms with van der Waals surface area (Å²) in [5.41, 5.74) is 3.43. The van der Waals surface area contributed by atoms with Gasteiger partial charge in [0.1, 0.15) is 11.5 Å². The first-order chi connectivity index (χ1) is 12.3. The summed E-state index contributed by atoms with van der Waals surface area (Å²) in [7, 11) is 5.11. The Balaban J connectivity index is 2.37. The molecule has 4 nitrogen and oxygen atoms in total. The summed E-state index contributed by atoms with van der Waals surface area (Å²) in [4.78, 5) is 12.4. The van der Waals surface area contributed by atoms with E-state index in [0.29, 0.717) is 11.3 Å². The van der Waals surface area contributed by atoms with E-state index in [-0.39, 0.29) is 11.2 Å². The third-order valence-electron chi connectivity index (χ3n) is 4.23. The van der Waals surface area contributed by atoms with Gasteiger partial charge >= 0.3 is 0 Å². The molecule has 0 radical (unpaired) electrons. The molecular weight excluding hydrogens is 326 g/mol. The first kappa shape index (κ1) is 19.6. The molecular formula is C22H27NO3. The van der Waals surface area contributed by atoms with Gasteiger partial charge in [-0.3, -0.25) is 4.79 Å². The zero-order chi connectivity index (χ0) is 19.3. The highest BCUT2D eigenvalue weighted by Gasteiger charge is 2.21. The number of ketones is 1. The number of benzene rings is 2. The molecule has 0 amide bonds. The molecule has 2 aromatic rings. The minimum atomic E-state index is -0.0901. The van der Waals surface area contributed by atoms with Crippen molar-refractivity contribution in [3.63, 3.8) is 0 Å². The lowest BCUT2D eigenvalue weighted by molar-refractivity contribution is 0.104. The zero-order valence-corrected chi connectivity index (χ0v) is 16.3. The van der Waals surface area contributed by atoms with Crippen LogP contribution < -0.4 is 14.8 Å². The van der Waals surface area contributed by atoms with Crippen molar-refractivity contribution in [2.75, 3.05) is 26.6 Å². The van der Waals surface area contributed by atoms with Crippen molar-refractivity contribution in [2.24, 2.45) is 0 Å². The topological polar surface area (TPSA) is 47.6 Å². The van der Waals surface area contributed by atoms with E-state index >= 15 is 0 Å². The van der Waals surface area contributed by atoms with Crippen molar-refractivity contribution in [3.05, 3.63) is 59.2 Å². The van der Waals surface area contributed by atoms with Crippen LogP contribution >= 0.6 is 0 Å². The fraction of sp³-hybridized carbons (Fsp3) is 0.318. The van der Waals surface area contributed by atoms with E-state index in [1.54, 1.807) is 26.4 Å². The Morgan fingerprint density at radius 1 is 1.00 bits per heavy atom. The maximum absolute atomic E-state index is 12.4. The maximum atomic E-state index is 12.4. The van der Waals surface area contributed by atoms with Crippen LogP contribution in [-0.4, -0.2) is 27.1 Å². The number of rotatable bonds is 6. The molecule has 2 rings (SSSR count). The van der Waals surface area contributed by atoms with Gasteiger partial charge in [-0.2, -0.15) is 0 Å². The molecule has 138 valence electrons. The number of methoxy groups -OCH3 is 2. The molecule has 0 aliphatic heterocycles. The molecule has 0 atom stereocenters. The summed E-state index contributed by atoms with van der Waals surface area (Å²) in [6.07, 6.45) is 3.37. The fourth-order valence-corrected chi connectivity index (χ4v) is 2.70. The summed E-state index contributed by atoms with van der Waals surface area (Å²) in [6, 6.07) is 11.3. The van der Waals surface area contributed by atoms with Gasteiger partial charge in [0.2, 0.25) is 0 Å². The van der Waals surface area contributed by atoms with Crippen molar-refractivity contribution in [1.29, 1.82) is 0 Å². The van der Waals surface area contributed by atoms with E-state index in [1.807, 2.05) is 43.4 Å². The molecule has 0 spiro atoms. The molecule has 2 aromatic carbocycles. The number of carbonyl (C=O) groups is 1. The lowest BCUT2D eigenvalue weighted by Crippen LogP contribution is -2.13. The first-order valence-corrected chi connectivity index (χ1v) is 8.57. The van der Waals surface area contributed by atoms with Gasteiger partial charge in [0.25, 0.3) is 0 Å². The van der Waals surface area contributed by atoms with E-state index in [4.69, 9.17) is 9.47 Å². The lowest BCUT2D eigenvalue weighted by atomic mass is 9.85. The van der Waals surface area contributed by atoms with Gasteiger partial charge in [0.15, 0.2) is 5.78 Å². The predicted molar refractivity (Wildman–Crippen MR) is 108 cm³/mol. The van der Waals surface area contributed by atoms with Crippen molar-refractivity contribution in [3.8, 4) is 11.5 Å². The summed E-state index contributed by atoms with van der Waals surface area (Å²) >= 11 is 0. The Kier molecular flexibility index (Phi) is 6.09. The molecule has 1 N–H and O–H groups in total. The van der Waals surface area contributed by atoms with E-state index < -0.39 is 0 Å². The smallest absolute Gasteiger partial charge is 0.185 e. The van der Waals surface area contributed by atoms with Crippen molar-refractivity contribution in [2.45, 2.75) is 26.2 Å². The van der Waals surface area contributed by atoms with Crippen LogP contribution in [0.2, 0.25) is 0 Å². The monoisotopic (exact) mass is 353 g/mol. The number of hydrogen-bond acceptors (Lipinski definition) is 4. The van der Waals surface area contributed by atoms with Crippen LogP contribution in [0.15, 0.2) is 42.5 Å². The highest BCUT2D eigenvalue weighted by molar-refractivity contribution is 6.07. The van der Waals surface area contributed by atoms with Gasteiger partial charge in [-0.25, -0.2) is 0 Å². The van der Waals surface area contributed by atoms with Crippen LogP contribution in [0, 0.1) is 0 Å². The van der Waals surface area contributed by atoms with Gasteiger partial charge in [0, 0.05) is 35.5 Å². The van der Waals surface area contributed by atoms with Crippen molar-refractivity contribution < 1.29 is 14.3 Å². The number of hydrogen-bond donors (Lipinski definition) is 1. The van der Waals surface area contributed by atoms with Gasteiger partial charge in [-0.1, -0.05) is 20.8 Å². The number of ether oxygens (including phenoxy) is 2. The molecule has 4 heteroatoms. The first-order valence-electron chi connectivity index (χ1n) is 8.57. The molecule has 0 bridgehead atoms. The second-order valence-corrected chi connectivity index (χ2v) is 7.07. The van der Waals surface area contributed by atoms with Crippen LogP contribution in [0.25, 0.3) is 6.08 Å². The second kappa shape index (κ2) is 8.09. The molecule has 0 saturated carbocycles. The molecule has 0 aromatic heterocycles. The average Bonchev–Trinajstić information content (AvgIpc) is 2.64. The largest absolute Gasteiger partial charge is 0.496 e. The Labute approximate surface area is 155 Å². The van der Waals surface area contributed by atoms with Gasteiger partial charge in [0.05, 0.1) is 14.2 Å². The van der Waals surface area contributed by atoms with Crippen LogP contribution in [-0.2, 0) is 5.41 Å². The second-order valence-electron chi connectivity index (χ2n) is 7.07. The summed E-state index contributed by atoms with van der Waals surface area (Å²) < 4.78 is 11.0. The molecule has 0 saturated heterocycles. The van der Waals surface area contributed by atoms with E-state index in [0.717, 1.165) is 22.6 Å². The molecule has 0 heterocycles. The van der Waals surface area contributed by atoms with Crippen molar-refractivity contribution >= 4 is 17.5 Å². The Morgan fingerprint density at radius 3 is 2.12 bits per heavy atom. The van der Waals surface area contributed by atoms with Crippen LogP contribution in [0.3, 0.4) is 0 Å². The molecule has 0 fully saturated rings. The highest BCUT2D eigenvalue weighted by Crippen LogP contribution is 2.37. The van der Waals surface area contributed by atoms with Gasteiger partial charge in [-0.15, -0.1) is 0 Å². The number of nitrogens with one attached hydrogen (secondary N) is 1. The Bertz CT molecular complexity index is 799. The summed E-state index contributed by atoms with van der Waals surface area (Å²) in [5, 5.41) is 3.04. The highest BCUT2D eigenvalue weighted by atomic mass is 16.5. The standard InChI is InChI=1S/C22H27NO3/c1-22(2,3)18-13-16(20(25-5)14-21(18)26-6)9-12-19(24)15-7-10-17(23-4)11-8-15/h7-14,23H,1-6H3. The minimum Gasteiger partial charge on any atom is -0.496 e. The average molecular weight is 353 g/mol. The van der Waals surface area contributed by atoms with E-state index in [1.165, 1.54) is 0 Å². The zero-order valence-electron chi connectivity index (χ0n) is 16.3. The summed E-state index contributed by atoms with van der Waals surface area (Å²) in [5.74, 6) is 1.40. The quantitative estimate of drug-likeness (QED) is 0.590. The molecule has 0 aliphatic carbocycles. The van der Waals surface area contributed by atoms with Gasteiger partial charge < -0.3 is 14.8 Å². The summed E-state index contributed by atoms with van der Waals surface area (Å²) in [6.45, 7) is 6.37. The number of carbonyl (C=O) groups excluding carboxylic acids is 1. The fourth-order valence-electron chi connectivity index (χ4n) is 2.70. The van der Waals surface area contributed by atoms with E-state index in [9.17, 15) is 4.79 Å². The van der Waals surface area contributed by atoms with Crippen LogP contribution in [0.1, 0.15) is 42.3 Å². The molecule has 26 heavy (non-hydrogen) atoms. The predicted octanol–water partition coefficient (Wildman–Crippen LogP) is 4.94. The normalized spacial score (nSPS) is 11.5.